The molecule has 0 atom stereocenters. The molecule has 2 heterocycles. The maximum Gasteiger partial charge on any atom is 0.192 e. The fourth-order valence-electron chi connectivity index (χ4n) is 2.63. The van der Waals surface area contributed by atoms with Crippen molar-refractivity contribution in [3.05, 3.63) is 70.3 Å². The molecule has 3 rings (SSSR count). The lowest BCUT2D eigenvalue weighted by atomic mass is 10.1. The Hall–Kier alpha value is -2.66. The van der Waals surface area contributed by atoms with Crippen LogP contribution in [0.1, 0.15) is 24.1 Å². The summed E-state index contributed by atoms with van der Waals surface area (Å²) >= 11 is 0. The highest BCUT2D eigenvalue weighted by Gasteiger charge is 2.07. The number of benzene rings is 1. The molecule has 25 heavy (non-hydrogen) atoms. The standard InChI is InChI=1S/C20H22N2O3/c1-15-19(22-18-9-3-2-8-17(18)20(15)23)14-24-11-4-5-12-25-16-7-6-10-21-13-16/h2-3,6-10,13H,4-5,11-12,14H2,1H3,(H,22,23). The van der Waals surface area contributed by atoms with Gasteiger partial charge in [0.1, 0.15) is 5.75 Å². The first-order chi connectivity index (χ1) is 12.3. The van der Waals surface area contributed by atoms with Crippen LogP contribution in [0.3, 0.4) is 0 Å². The van der Waals surface area contributed by atoms with Crippen molar-refractivity contribution in [2.75, 3.05) is 13.2 Å². The number of aromatic amines is 1. The van der Waals surface area contributed by atoms with Crippen molar-refractivity contribution in [1.29, 1.82) is 0 Å². The molecule has 0 unspecified atom stereocenters. The second-order valence-electron chi connectivity index (χ2n) is 5.90. The van der Waals surface area contributed by atoms with Gasteiger partial charge < -0.3 is 14.5 Å². The molecule has 1 N–H and O–H groups in total. The first-order valence-corrected chi connectivity index (χ1v) is 8.47. The number of hydrogen-bond acceptors (Lipinski definition) is 4. The van der Waals surface area contributed by atoms with Crippen molar-refractivity contribution in [3.63, 3.8) is 0 Å². The predicted octanol–water partition coefficient (Wildman–Crippen LogP) is 3.61. The van der Waals surface area contributed by atoms with Crippen LogP contribution in [-0.4, -0.2) is 23.2 Å². The molecule has 0 aliphatic rings. The zero-order chi connectivity index (χ0) is 17.5. The normalized spacial score (nSPS) is 10.9. The van der Waals surface area contributed by atoms with Crippen molar-refractivity contribution < 1.29 is 9.47 Å². The van der Waals surface area contributed by atoms with Gasteiger partial charge in [-0.3, -0.25) is 9.78 Å². The number of nitrogens with one attached hydrogen (secondary N) is 1. The van der Waals surface area contributed by atoms with Gasteiger partial charge in [0.15, 0.2) is 5.43 Å². The van der Waals surface area contributed by atoms with Crippen molar-refractivity contribution in [1.82, 2.24) is 9.97 Å². The second kappa shape index (κ2) is 8.44. The average molecular weight is 338 g/mol. The summed E-state index contributed by atoms with van der Waals surface area (Å²) in [5, 5.41) is 0.719. The topological polar surface area (TPSA) is 64.2 Å². The third-order valence-electron chi connectivity index (χ3n) is 4.08. The molecule has 3 aromatic rings. The minimum absolute atomic E-state index is 0.0674. The van der Waals surface area contributed by atoms with Crippen LogP contribution in [0.15, 0.2) is 53.6 Å². The number of ether oxygens (including phenoxy) is 2. The lowest BCUT2D eigenvalue weighted by Gasteiger charge is -2.09. The van der Waals surface area contributed by atoms with Gasteiger partial charge in [-0.1, -0.05) is 12.1 Å². The highest BCUT2D eigenvalue weighted by atomic mass is 16.5. The number of pyridine rings is 2. The van der Waals surface area contributed by atoms with Crippen molar-refractivity contribution >= 4 is 10.9 Å². The zero-order valence-electron chi connectivity index (χ0n) is 14.3. The lowest BCUT2D eigenvalue weighted by molar-refractivity contribution is 0.111. The number of aromatic nitrogens is 2. The Morgan fingerprint density at radius 3 is 2.76 bits per heavy atom. The largest absolute Gasteiger partial charge is 0.492 e. The second-order valence-corrected chi connectivity index (χ2v) is 5.90. The van der Waals surface area contributed by atoms with E-state index in [2.05, 4.69) is 9.97 Å². The first-order valence-electron chi connectivity index (χ1n) is 8.47. The van der Waals surface area contributed by atoms with Gasteiger partial charge in [0.2, 0.25) is 0 Å². The number of para-hydroxylation sites is 1. The highest BCUT2D eigenvalue weighted by molar-refractivity contribution is 5.79. The van der Waals surface area contributed by atoms with E-state index >= 15 is 0 Å². The van der Waals surface area contributed by atoms with E-state index in [4.69, 9.17) is 9.47 Å². The van der Waals surface area contributed by atoms with Gasteiger partial charge in [-0.2, -0.15) is 0 Å². The number of unbranched alkanes of at least 4 members (excludes halogenated alkanes) is 1. The average Bonchev–Trinajstić information content (AvgIpc) is 2.65. The van der Waals surface area contributed by atoms with Crippen molar-refractivity contribution in [3.8, 4) is 5.75 Å². The molecule has 5 nitrogen and oxygen atoms in total. The number of fused-ring (bicyclic) bond motifs is 1. The van der Waals surface area contributed by atoms with Crippen LogP contribution in [0.5, 0.6) is 5.75 Å². The maximum atomic E-state index is 12.4. The molecule has 130 valence electrons. The Kier molecular flexibility index (Phi) is 5.80. The predicted molar refractivity (Wildman–Crippen MR) is 97.9 cm³/mol. The lowest BCUT2D eigenvalue weighted by Crippen LogP contribution is -2.12. The zero-order valence-corrected chi connectivity index (χ0v) is 14.3. The summed E-state index contributed by atoms with van der Waals surface area (Å²) in [7, 11) is 0. The van der Waals surface area contributed by atoms with E-state index in [9.17, 15) is 4.79 Å². The molecule has 0 bridgehead atoms. The van der Waals surface area contributed by atoms with Crippen LogP contribution < -0.4 is 10.2 Å². The molecule has 5 heteroatoms. The van der Waals surface area contributed by atoms with Crippen LogP contribution in [0.4, 0.5) is 0 Å². The summed E-state index contributed by atoms with van der Waals surface area (Å²) in [6, 6.07) is 11.3. The van der Waals surface area contributed by atoms with Crippen LogP contribution in [0, 0.1) is 6.92 Å². The number of rotatable bonds is 8. The molecule has 0 saturated carbocycles. The van der Waals surface area contributed by atoms with Crippen LogP contribution in [-0.2, 0) is 11.3 Å². The monoisotopic (exact) mass is 338 g/mol. The number of hydrogen-bond donors (Lipinski definition) is 1. The van der Waals surface area contributed by atoms with Crippen LogP contribution >= 0.6 is 0 Å². The van der Waals surface area contributed by atoms with Crippen LogP contribution in [0.25, 0.3) is 10.9 Å². The van der Waals surface area contributed by atoms with E-state index in [1.807, 2.05) is 43.3 Å². The molecule has 0 spiro atoms. The van der Waals surface area contributed by atoms with Gasteiger partial charge in [0.25, 0.3) is 0 Å². The third kappa shape index (κ3) is 4.45. The fourth-order valence-corrected chi connectivity index (χ4v) is 2.63. The molecule has 0 amide bonds. The highest BCUT2D eigenvalue weighted by Crippen LogP contribution is 2.12. The van der Waals surface area contributed by atoms with Gasteiger partial charge in [-0.15, -0.1) is 0 Å². The molecular formula is C20H22N2O3. The minimum Gasteiger partial charge on any atom is -0.492 e. The van der Waals surface area contributed by atoms with Crippen LogP contribution in [0.2, 0.25) is 0 Å². The van der Waals surface area contributed by atoms with Crippen molar-refractivity contribution in [2.24, 2.45) is 0 Å². The maximum absolute atomic E-state index is 12.4. The molecule has 2 aromatic heterocycles. The molecule has 0 radical (unpaired) electrons. The van der Waals surface area contributed by atoms with E-state index in [1.165, 1.54) is 0 Å². The third-order valence-corrected chi connectivity index (χ3v) is 4.08. The van der Waals surface area contributed by atoms with Crippen molar-refractivity contribution in [2.45, 2.75) is 26.4 Å². The summed E-state index contributed by atoms with van der Waals surface area (Å²) in [5.74, 6) is 0.785. The summed E-state index contributed by atoms with van der Waals surface area (Å²) in [6.07, 6.45) is 5.23. The molecule has 0 aliphatic heterocycles. The van der Waals surface area contributed by atoms with Gasteiger partial charge in [0, 0.05) is 35.0 Å². The SMILES string of the molecule is Cc1c(COCCCCOc2cccnc2)[nH]c2ccccc2c1=O. The summed E-state index contributed by atoms with van der Waals surface area (Å²) in [4.78, 5) is 19.7. The van der Waals surface area contributed by atoms with Gasteiger partial charge in [-0.05, 0) is 44.0 Å². The Morgan fingerprint density at radius 2 is 1.92 bits per heavy atom. The van der Waals surface area contributed by atoms with E-state index in [0.717, 1.165) is 40.8 Å². The Balaban J connectivity index is 1.44. The van der Waals surface area contributed by atoms with Gasteiger partial charge in [0.05, 0.1) is 19.4 Å². The molecule has 0 aliphatic carbocycles. The minimum atomic E-state index is 0.0674. The molecule has 1 aromatic carbocycles. The Morgan fingerprint density at radius 1 is 1.08 bits per heavy atom. The van der Waals surface area contributed by atoms with E-state index < -0.39 is 0 Å². The van der Waals surface area contributed by atoms with Gasteiger partial charge >= 0.3 is 0 Å². The molecular weight excluding hydrogens is 316 g/mol. The van der Waals surface area contributed by atoms with E-state index in [0.29, 0.717) is 19.8 Å². The quantitative estimate of drug-likeness (QED) is 0.637. The first kappa shape index (κ1) is 17.2. The fraction of sp³-hybridized carbons (Fsp3) is 0.300. The summed E-state index contributed by atoms with van der Waals surface area (Å²) in [5.41, 5.74) is 2.48. The molecule has 0 fully saturated rings. The smallest absolute Gasteiger partial charge is 0.192 e. The summed E-state index contributed by atoms with van der Waals surface area (Å²) in [6.45, 7) is 3.52. The van der Waals surface area contributed by atoms with Gasteiger partial charge in [-0.25, -0.2) is 0 Å². The Bertz CT molecular complexity index is 875. The Labute approximate surface area is 146 Å². The summed E-state index contributed by atoms with van der Waals surface area (Å²) < 4.78 is 11.3. The van der Waals surface area contributed by atoms with E-state index in [-0.39, 0.29) is 5.43 Å². The van der Waals surface area contributed by atoms with E-state index in [1.54, 1.807) is 12.4 Å². The number of H-pyrrole nitrogens is 1. The molecule has 0 saturated heterocycles. The number of nitrogens with zero attached hydrogens (tertiary/aromatic N) is 1.